The normalized spacial score (nSPS) is 40.5. The molecule has 24 N–H and O–H groups in total. The zero-order chi connectivity index (χ0) is 47.1. The summed E-state index contributed by atoms with van der Waals surface area (Å²) in [4.78, 5) is 24.7. The molecule has 2 heterocycles. The number of carbonyl (C=O) groups excluding carboxylic acids is 2. The van der Waals surface area contributed by atoms with Gasteiger partial charge in [0.25, 0.3) is 0 Å². The van der Waals surface area contributed by atoms with Crippen LogP contribution in [0.5, 0.6) is 0 Å². The first-order chi connectivity index (χ1) is 30.5. The summed E-state index contributed by atoms with van der Waals surface area (Å²) in [5.74, 6) is -0.430. The van der Waals surface area contributed by atoms with E-state index in [-0.39, 0.29) is 63.8 Å². The molecule has 20 atom stereocenters. The maximum atomic E-state index is 12.3. The molecule has 4 fully saturated rings. The molecule has 24 nitrogen and oxygen atoms in total. The fraction of sp³-hybridized carbons (Fsp3) is 0.950. The number of aliphatic hydroxyl groups excluding tert-OH is 6. The van der Waals surface area contributed by atoms with Crippen LogP contribution < -0.4 is 56.5 Å². The van der Waals surface area contributed by atoms with Gasteiger partial charge in [0, 0.05) is 76.4 Å². The molecular weight excluding hydrogens is 844 g/mol. The molecule has 24 heteroatoms. The number of aliphatic hydroxyl groups is 6. The number of nitrogens with one attached hydrogen (secondary N) is 2. The number of hydrogen-bond acceptors (Lipinski definition) is 22. The molecule has 0 aromatic heterocycles. The van der Waals surface area contributed by atoms with Gasteiger partial charge >= 0.3 is 0 Å². The third kappa shape index (κ3) is 15.3. The van der Waals surface area contributed by atoms with E-state index in [2.05, 4.69) is 10.6 Å². The van der Waals surface area contributed by atoms with Gasteiger partial charge in [-0.15, -0.1) is 0 Å². The Morgan fingerprint density at radius 1 is 0.484 bits per heavy atom. The first-order valence-corrected chi connectivity index (χ1v) is 22.9. The van der Waals surface area contributed by atoms with Crippen LogP contribution in [0.2, 0.25) is 0 Å². The highest BCUT2D eigenvalue weighted by atomic mass is 16.7. The first-order valence-electron chi connectivity index (χ1n) is 22.9. The second-order valence-electron chi connectivity index (χ2n) is 17.7. The van der Waals surface area contributed by atoms with Crippen molar-refractivity contribution in [3.05, 3.63) is 0 Å². The van der Waals surface area contributed by atoms with Crippen LogP contribution in [0.4, 0.5) is 0 Å². The second-order valence-corrected chi connectivity index (χ2v) is 17.7. The highest BCUT2D eigenvalue weighted by Crippen LogP contribution is 2.30. The average molecular weight is 925 g/mol. The minimum atomic E-state index is -1.34. The van der Waals surface area contributed by atoms with Crippen molar-refractivity contribution in [3.63, 3.8) is 0 Å². The summed E-state index contributed by atoms with van der Waals surface area (Å²) in [6.07, 6.45) is -8.44. The monoisotopic (exact) mass is 925 g/mol. The minimum Gasteiger partial charge on any atom is -0.389 e. The van der Waals surface area contributed by atoms with Crippen LogP contribution in [0.15, 0.2) is 0 Å². The number of carbonyl (C=O) groups is 2. The van der Waals surface area contributed by atoms with Crippen LogP contribution >= 0.6 is 0 Å². The molecule has 0 spiro atoms. The summed E-state index contributed by atoms with van der Waals surface area (Å²) in [6, 6.07) is -4.70. The van der Waals surface area contributed by atoms with Crippen molar-refractivity contribution in [1.29, 1.82) is 0 Å². The topological polar surface area (TPSA) is 443 Å². The van der Waals surface area contributed by atoms with Crippen molar-refractivity contribution in [2.75, 3.05) is 39.4 Å². The Bertz CT molecular complexity index is 1270. The van der Waals surface area contributed by atoms with E-state index in [1.165, 1.54) is 0 Å². The number of ether oxygens (including phenoxy) is 6. The molecule has 64 heavy (non-hydrogen) atoms. The van der Waals surface area contributed by atoms with E-state index in [1.54, 1.807) is 0 Å². The fourth-order valence-electron chi connectivity index (χ4n) is 8.59. The minimum absolute atomic E-state index is 0.0669. The first kappa shape index (κ1) is 54.7. The van der Waals surface area contributed by atoms with Crippen LogP contribution in [0.3, 0.4) is 0 Å². The SMILES string of the molecule is NC[C@H]1O[C@H](O[C@H]2[C@H](OCCCCCCNC(=O)CCC(=O)NCCCCCCO[C@@H]3[C@@H](O)[C@H](N)C[C@H](N)[C@H]3O[C@H]3O[C@H](CN)[C@@H](O)[C@H](O)[C@H]3N)[C@@H](O)[C@H](N)C[C@@H]2N)[C@H](N)[C@@H](O)[C@@H]1O. The molecule has 0 bridgehead atoms. The fourth-order valence-corrected chi connectivity index (χ4v) is 8.59. The van der Waals surface area contributed by atoms with Crippen molar-refractivity contribution in [2.24, 2.45) is 45.9 Å². The molecule has 0 aromatic rings. The molecule has 374 valence electrons. The van der Waals surface area contributed by atoms with E-state index >= 15 is 0 Å². The maximum Gasteiger partial charge on any atom is 0.220 e. The highest BCUT2D eigenvalue weighted by Gasteiger charge is 2.50. The quantitative estimate of drug-likeness (QED) is 0.0378. The Morgan fingerprint density at radius 3 is 1.20 bits per heavy atom. The van der Waals surface area contributed by atoms with Gasteiger partial charge in [-0.05, 0) is 38.5 Å². The number of unbranched alkanes of at least 4 members (excludes halogenated alkanes) is 6. The molecular formula is C40H80N10O14. The highest BCUT2D eigenvalue weighted by molar-refractivity contribution is 5.83. The van der Waals surface area contributed by atoms with Crippen molar-refractivity contribution in [3.8, 4) is 0 Å². The van der Waals surface area contributed by atoms with E-state index in [1.807, 2.05) is 0 Å². The van der Waals surface area contributed by atoms with Gasteiger partial charge in [0.1, 0.15) is 61.0 Å². The molecule has 0 aromatic carbocycles. The predicted octanol–water partition coefficient (Wildman–Crippen LogP) is -7.04. The standard InChI is InChI=1S/C40H80N10O14/c41-17-23-31(55)33(57)27(47)39(61-23)63-35-21(45)15-19(43)29(53)37(35)59-13-7-3-1-5-11-49-25(51)9-10-26(52)50-12-6-2-4-8-14-60-38-30(54)20(44)16-22(46)36(38)64-40-28(48)34(58)32(56)24(18-42)62-40/h19-24,27-40,53-58H,1-18,41-48H2,(H,49,51)(H,50,52)/t19-,20-,21+,22+,23-,24-,27-,28-,29+,30+,31-,32-,33-,34-,35-,36-,37-,38-,39-,40-/m1/s1. The summed E-state index contributed by atoms with van der Waals surface area (Å²) in [5, 5.41) is 68.5. The molecule has 4 aliphatic rings. The van der Waals surface area contributed by atoms with Crippen LogP contribution in [0.1, 0.15) is 77.0 Å². The van der Waals surface area contributed by atoms with Crippen molar-refractivity contribution in [1.82, 2.24) is 10.6 Å². The van der Waals surface area contributed by atoms with Crippen LogP contribution in [-0.4, -0.2) is 204 Å². The number of amides is 2. The van der Waals surface area contributed by atoms with Gasteiger partial charge in [-0.2, -0.15) is 0 Å². The van der Waals surface area contributed by atoms with Crippen molar-refractivity contribution in [2.45, 2.75) is 199 Å². The molecule has 2 saturated heterocycles. The lowest BCUT2D eigenvalue weighted by atomic mass is 9.84. The van der Waals surface area contributed by atoms with Crippen LogP contribution in [0, 0.1) is 0 Å². The largest absolute Gasteiger partial charge is 0.389 e. The zero-order valence-electron chi connectivity index (χ0n) is 36.8. The lowest BCUT2D eigenvalue weighted by Gasteiger charge is -2.46. The number of rotatable bonds is 25. The van der Waals surface area contributed by atoms with E-state index in [0.29, 0.717) is 25.9 Å². The van der Waals surface area contributed by atoms with Gasteiger partial charge in [-0.25, -0.2) is 0 Å². The third-order valence-electron chi connectivity index (χ3n) is 12.7. The number of nitrogens with two attached hydrogens (primary N) is 8. The van der Waals surface area contributed by atoms with Gasteiger partial charge in [0.15, 0.2) is 12.6 Å². The average Bonchev–Trinajstić information content (AvgIpc) is 3.27. The summed E-state index contributed by atoms with van der Waals surface area (Å²) in [6.45, 7) is 1.32. The predicted molar refractivity (Wildman–Crippen MR) is 230 cm³/mol. The van der Waals surface area contributed by atoms with E-state index in [0.717, 1.165) is 38.5 Å². The third-order valence-corrected chi connectivity index (χ3v) is 12.7. The lowest BCUT2D eigenvalue weighted by Crippen LogP contribution is -2.67. The Hall–Kier alpha value is -1.86. The van der Waals surface area contributed by atoms with E-state index < -0.39 is 122 Å². The van der Waals surface area contributed by atoms with Gasteiger partial charge in [-0.1, -0.05) is 25.7 Å². The molecule has 4 rings (SSSR count). The maximum absolute atomic E-state index is 12.3. The molecule has 2 aliphatic carbocycles. The second kappa shape index (κ2) is 27.2. The van der Waals surface area contributed by atoms with Crippen LogP contribution in [-0.2, 0) is 38.0 Å². The smallest absolute Gasteiger partial charge is 0.220 e. The molecule has 2 amide bonds. The summed E-state index contributed by atoms with van der Waals surface area (Å²) < 4.78 is 35.6. The summed E-state index contributed by atoms with van der Waals surface area (Å²) >= 11 is 0. The summed E-state index contributed by atoms with van der Waals surface area (Å²) in [5.41, 5.74) is 48.4. The molecule has 2 aliphatic heterocycles. The molecule has 2 saturated carbocycles. The summed E-state index contributed by atoms with van der Waals surface area (Å²) in [7, 11) is 0. The Labute approximate surface area is 375 Å². The Kier molecular flexibility index (Phi) is 23.3. The number of hydrogen-bond donors (Lipinski definition) is 16. The van der Waals surface area contributed by atoms with Gasteiger partial charge in [-0.3, -0.25) is 9.59 Å². The van der Waals surface area contributed by atoms with Crippen molar-refractivity contribution < 1.29 is 68.6 Å². The molecule has 0 unspecified atom stereocenters. The van der Waals surface area contributed by atoms with Gasteiger partial charge < -0.3 is 116 Å². The van der Waals surface area contributed by atoms with Crippen LogP contribution in [0.25, 0.3) is 0 Å². The van der Waals surface area contributed by atoms with Gasteiger partial charge in [0.2, 0.25) is 11.8 Å². The van der Waals surface area contributed by atoms with E-state index in [9.17, 15) is 40.2 Å². The Morgan fingerprint density at radius 2 is 0.844 bits per heavy atom. The molecule has 0 radical (unpaired) electrons. The Balaban J connectivity index is 1.02. The van der Waals surface area contributed by atoms with Crippen molar-refractivity contribution >= 4 is 11.8 Å². The lowest BCUT2D eigenvalue weighted by molar-refractivity contribution is -0.291. The zero-order valence-corrected chi connectivity index (χ0v) is 36.8. The van der Waals surface area contributed by atoms with Gasteiger partial charge in [0.05, 0.1) is 24.3 Å². The van der Waals surface area contributed by atoms with E-state index in [4.69, 9.17) is 74.3 Å².